The van der Waals surface area contributed by atoms with Crippen LogP contribution in [0.3, 0.4) is 0 Å². The van der Waals surface area contributed by atoms with Crippen LogP contribution in [0.15, 0.2) is 146 Å². The van der Waals surface area contributed by atoms with Gasteiger partial charge in [-0.25, -0.2) is 0 Å². The van der Waals surface area contributed by atoms with Crippen molar-refractivity contribution in [3.05, 3.63) is 157 Å². The van der Waals surface area contributed by atoms with E-state index >= 15 is 0 Å². The first kappa shape index (κ1) is 24.9. The van der Waals surface area contributed by atoms with Gasteiger partial charge in [0.1, 0.15) is 0 Å². The Hall–Kier alpha value is -5.46. The second-order valence-electron chi connectivity index (χ2n) is 13.2. The lowest BCUT2D eigenvalue weighted by molar-refractivity contribution is 0.661. The molecule has 0 spiro atoms. The van der Waals surface area contributed by atoms with Crippen molar-refractivity contribution in [2.24, 2.45) is 0 Å². The number of rotatable bonds is 2. The Morgan fingerprint density at radius 2 is 0.933 bits per heavy atom. The van der Waals surface area contributed by atoms with E-state index in [9.17, 15) is 0 Å². The highest BCUT2D eigenvalue weighted by molar-refractivity contribution is 6.27. The van der Waals surface area contributed by atoms with Gasteiger partial charge in [-0.15, -0.1) is 0 Å². The Kier molecular flexibility index (Phi) is 4.88. The number of benzene rings is 9. The number of hydrogen-bond donors (Lipinski definition) is 0. The molecule has 0 saturated carbocycles. The molecule has 0 unspecified atom stereocenters. The van der Waals surface area contributed by atoms with Gasteiger partial charge in [-0.2, -0.15) is 0 Å². The second kappa shape index (κ2) is 8.80. The van der Waals surface area contributed by atoms with Crippen molar-refractivity contribution in [2.75, 3.05) is 0 Å². The minimum atomic E-state index is -0.0883. The van der Waals surface area contributed by atoms with Gasteiger partial charge in [-0.1, -0.05) is 147 Å². The van der Waals surface area contributed by atoms with E-state index in [2.05, 4.69) is 159 Å². The van der Waals surface area contributed by atoms with E-state index in [-0.39, 0.29) is 5.41 Å². The van der Waals surface area contributed by atoms with Gasteiger partial charge in [0.2, 0.25) is 0 Å². The lowest BCUT2D eigenvalue weighted by Crippen LogP contribution is -2.15. The summed E-state index contributed by atoms with van der Waals surface area (Å²) in [5.41, 5.74) is 10.7. The van der Waals surface area contributed by atoms with Crippen LogP contribution in [0.5, 0.6) is 0 Å². The first-order chi connectivity index (χ1) is 22.1. The van der Waals surface area contributed by atoms with Crippen LogP contribution in [0.1, 0.15) is 25.0 Å². The second-order valence-corrected chi connectivity index (χ2v) is 13.2. The Balaban J connectivity index is 1.31. The molecule has 210 valence electrons. The minimum absolute atomic E-state index is 0.0883. The van der Waals surface area contributed by atoms with Gasteiger partial charge in [-0.05, 0) is 111 Å². The summed E-state index contributed by atoms with van der Waals surface area (Å²) in [5, 5.41) is 13.3. The van der Waals surface area contributed by atoms with Crippen LogP contribution < -0.4 is 0 Å². The molecule has 0 atom stereocenters. The summed E-state index contributed by atoms with van der Waals surface area (Å²) >= 11 is 0. The molecule has 0 N–H and O–H groups in total. The molecular weight excluding hydrogens is 540 g/mol. The Labute approximate surface area is 262 Å². The molecule has 1 aliphatic carbocycles. The summed E-state index contributed by atoms with van der Waals surface area (Å²) in [6.45, 7) is 4.79. The van der Waals surface area contributed by atoms with Crippen LogP contribution in [0, 0.1) is 0 Å². The highest BCUT2D eigenvalue weighted by atomic mass is 14.4. The summed E-state index contributed by atoms with van der Waals surface area (Å²) in [5.74, 6) is 0. The third-order valence-corrected chi connectivity index (χ3v) is 10.6. The summed E-state index contributed by atoms with van der Waals surface area (Å²) in [7, 11) is 0. The van der Waals surface area contributed by atoms with E-state index in [1.165, 1.54) is 98.4 Å². The third-order valence-electron chi connectivity index (χ3n) is 10.6. The maximum Gasteiger partial charge on any atom is 0.0159 e. The van der Waals surface area contributed by atoms with E-state index in [1.54, 1.807) is 0 Å². The quantitative estimate of drug-likeness (QED) is 0.143. The molecule has 9 aromatic rings. The SMILES string of the molecule is CC1(C)c2ccc(-c3c4ccccc4c(-c4ccccc4)c4ccccc34)cc2-c2c1cc1ccc3cccc4ccc2c1c34. The molecule has 0 heterocycles. The lowest BCUT2D eigenvalue weighted by Gasteiger charge is -2.23. The molecule has 0 aromatic heterocycles. The zero-order valence-corrected chi connectivity index (χ0v) is 25.4. The molecule has 0 amide bonds. The fourth-order valence-electron chi connectivity index (χ4n) is 8.55. The maximum absolute atomic E-state index is 2.50. The fourth-order valence-corrected chi connectivity index (χ4v) is 8.55. The lowest BCUT2D eigenvalue weighted by atomic mass is 9.80. The van der Waals surface area contributed by atoms with E-state index in [1.807, 2.05) is 0 Å². The largest absolute Gasteiger partial charge is 0.0622 e. The third kappa shape index (κ3) is 3.27. The topological polar surface area (TPSA) is 0 Å². The van der Waals surface area contributed by atoms with E-state index in [4.69, 9.17) is 0 Å². The molecule has 0 radical (unpaired) electrons. The van der Waals surface area contributed by atoms with E-state index < -0.39 is 0 Å². The maximum atomic E-state index is 2.50. The molecule has 45 heavy (non-hydrogen) atoms. The number of fused-ring (bicyclic) bond motifs is 6. The van der Waals surface area contributed by atoms with Crippen molar-refractivity contribution in [1.82, 2.24) is 0 Å². The molecule has 1 aliphatic rings. The van der Waals surface area contributed by atoms with Crippen LogP contribution >= 0.6 is 0 Å². The minimum Gasteiger partial charge on any atom is -0.0622 e. The van der Waals surface area contributed by atoms with Crippen molar-refractivity contribution >= 4 is 53.9 Å². The Morgan fingerprint density at radius 1 is 0.356 bits per heavy atom. The van der Waals surface area contributed by atoms with Crippen molar-refractivity contribution < 1.29 is 0 Å². The smallest absolute Gasteiger partial charge is 0.0159 e. The fraction of sp³-hybridized carbons (Fsp3) is 0.0667. The van der Waals surface area contributed by atoms with Crippen LogP contribution in [-0.2, 0) is 5.41 Å². The van der Waals surface area contributed by atoms with Gasteiger partial charge in [0, 0.05) is 5.41 Å². The summed E-state index contributed by atoms with van der Waals surface area (Å²) < 4.78 is 0. The van der Waals surface area contributed by atoms with Gasteiger partial charge >= 0.3 is 0 Å². The monoisotopic (exact) mass is 570 g/mol. The average molecular weight is 571 g/mol. The van der Waals surface area contributed by atoms with Gasteiger partial charge in [-0.3, -0.25) is 0 Å². The van der Waals surface area contributed by atoms with Crippen LogP contribution in [0.25, 0.3) is 87.2 Å². The predicted molar refractivity (Wildman–Crippen MR) is 194 cm³/mol. The molecular formula is C45H30. The van der Waals surface area contributed by atoms with Crippen molar-refractivity contribution in [3.63, 3.8) is 0 Å². The van der Waals surface area contributed by atoms with Crippen molar-refractivity contribution in [3.8, 4) is 33.4 Å². The highest BCUT2D eigenvalue weighted by Crippen LogP contribution is 2.55. The average Bonchev–Trinajstić information content (AvgIpc) is 3.31. The standard InChI is InChI=1S/C45H30/c1-45(2)38-24-22-30(25-37(38)44-36-23-21-29-14-10-13-28-19-20-31(26-39(44)45)43(36)40(28)29)42-34-17-8-6-15-32(34)41(27-11-4-3-5-12-27)33-16-7-9-18-35(33)42/h3-26H,1-2H3. The van der Waals surface area contributed by atoms with Crippen LogP contribution in [0.4, 0.5) is 0 Å². The van der Waals surface area contributed by atoms with Gasteiger partial charge < -0.3 is 0 Å². The van der Waals surface area contributed by atoms with Crippen LogP contribution in [0.2, 0.25) is 0 Å². The summed E-state index contributed by atoms with van der Waals surface area (Å²) in [4.78, 5) is 0. The predicted octanol–water partition coefficient (Wildman–Crippen LogP) is 12.5. The normalized spacial score (nSPS) is 13.7. The van der Waals surface area contributed by atoms with Gasteiger partial charge in [0.25, 0.3) is 0 Å². The van der Waals surface area contributed by atoms with Gasteiger partial charge in [0.05, 0.1) is 0 Å². The summed E-state index contributed by atoms with van der Waals surface area (Å²) in [6, 6.07) is 54.5. The molecule has 10 rings (SSSR count). The molecule has 0 saturated heterocycles. The zero-order chi connectivity index (χ0) is 29.9. The van der Waals surface area contributed by atoms with E-state index in [0.717, 1.165) is 0 Å². The molecule has 0 heteroatoms. The van der Waals surface area contributed by atoms with E-state index in [0.29, 0.717) is 0 Å². The molecule has 0 nitrogen and oxygen atoms in total. The van der Waals surface area contributed by atoms with Crippen molar-refractivity contribution in [2.45, 2.75) is 19.3 Å². The molecule has 0 aliphatic heterocycles. The summed E-state index contributed by atoms with van der Waals surface area (Å²) in [6.07, 6.45) is 0. The highest BCUT2D eigenvalue weighted by Gasteiger charge is 2.37. The Bertz CT molecular complexity index is 2580. The first-order valence-electron chi connectivity index (χ1n) is 15.9. The van der Waals surface area contributed by atoms with Crippen molar-refractivity contribution in [1.29, 1.82) is 0 Å². The first-order valence-corrected chi connectivity index (χ1v) is 15.9. The van der Waals surface area contributed by atoms with Crippen LogP contribution in [-0.4, -0.2) is 0 Å². The van der Waals surface area contributed by atoms with Gasteiger partial charge in [0.15, 0.2) is 0 Å². The molecule has 0 bridgehead atoms. The molecule has 9 aromatic carbocycles. The molecule has 0 fully saturated rings. The zero-order valence-electron chi connectivity index (χ0n) is 25.4. The number of hydrogen-bond acceptors (Lipinski definition) is 0. The Morgan fingerprint density at radius 3 is 1.60 bits per heavy atom.